The summed E-state index contributed by atoms with van der Waals surface area (Å²) in [5, 5.41) is 5.68. The largest absolute Gasteiger partial charge is 0.313 e. The minimum atomic E-state index is 0.890. The van der Waals surface area contributed by atoms with Crippen LogP contribution in [-0.2, 0) is 6.54 Å². The molecule has 1 heterocycles. The zero-order valence-electron chi connectivity index (χ0n) is 9.12. The fourth-order valence-corrected chi connectivity index (χ4v) is 2.01. The molecule has 0 fully saturated rings. The van der Waals surface area contributed by atoms with Gasteiger partial charge in [0.15, 0.2) is 0 Å². The van der Waals surface area contributed by atoms with Gasteiger partial charge in [0.25, 0.3) is 0 Å². The van der Waals surface area contributed by atoms with E-state index >= 15 is 0 Å². The van der Waals surface area contributed by atoms with Crippen molar-refractivity contribution in [2.75, 3.05) is 11.9 Å². The van der Waals surface area contributed by atoms with E-state index in [1.54, 1.807) is 0 Å². The summed E-state index contributed by atoms with van der Waals surface area (Å²) in [6, 6.07) is 10.4. The van der Waals surface area contributed by atoms with Crippen LogP contribution in [0.4, 0.5) is 0 Å². The van der Waals surface area contributed by atoms with Crippen molar-refractivity contribution < 1.29 is 0 Å². The zero-order valence-corrected chi connectivity index (χ0v) is 10.7. The van der Waals surface area contributed by atoms with Gasteiger partial charge in [-0.05, 0) is 24.6 Å². The topological polar surface area (TPSA) is 24.9 Å². The molecule has 0 unspecified atom stereocenters. The van der Waals surface area contributed by atoms with Gasteiger partial charge in [-0.2, -0.15) is 0 Å². The zero-order chi connectivity index (χ0) is 11.2. The molecule has 0 saturated heterocycles. The summed E-state index contributed by atoms with van der Waals surface area (Å²) in [6.45, 7) is 1.93. The van der Waals surface area contributed by atoms with Gasteiger partial charge in [0, 0.05) is 23.5 Å². The number of rotatable bonds is 5. The first kappa shape index (κ1) is 11.6. The molecule has 1 aromatic heterocycles. The number of para-hydroxylation sites is 1. The third-order valence-electron chi connectivity index (χ3n) is 2.52. The van der Waals surface area contributed by atoms with Crippen molar-refractivity contribution in [2.45, 2.75) is 13.0 Å². The van der Waals surface area contributed by atoms with Crippen LogP contribution in [0.2, 0.25) is 0 Å². The van der Waals surface area contributed by atoms with Gasteiger partial charge in [0.05, 0.1) is 5.52 Å². The summed E-state index contributed by atoms with van der Waals surface area (Å²) in [5.41, 5.74) is 2.38. The van der Waals surface area contributed by atoms with Crippen LogP contribution in [0.3, 0.4) is 0 Å². The van der Waals surface area contributed by atoms with E-state index in [1.807, 2.05) is 12.3 Å². The molecule has 2 aromatic rings. The molecule has 3 heteroatoms. The van der Waals surface area contributed by atoms with E-state index in [0.717, 1.165) is 30.4 Å². The Kier molecular flexibility index (Phi) is 4.31. The molecule has 0 atom stereocenters. The first-order valence-electron chi connectivity index (χ1n) is 5.51. The normalized spacial score (nSPS) is 10.8. The number of benzene rings is 1. The molecule has 0 bridgehead atoms. The standard InChI is InChI=1S/C13H15BrN2/c14-7-3-8-15-10-12-5-1-4-11-6-2-9-16-13(11)12/h1-2,4-6,9,15H,3,7-8,10H2. The highest BCUT2D eigenvalue weighted by atomic mass is 79.9. The summed E-state index contributed by atoms with van der Waals surface area (Å²) in [6.07, 6.45) is 3.00. The summed E-state index contributed by atoms with van der Waals surface area (Å²) in [4.78, 5) is 4.43. The maximum absolute atomic E-state index is 4.43. The third kappa shape index (κ3) is 2.80. The number of nitrogens with zero attached hydrogens (tertiary/aromatic N) is 1. The van der Waals surface area contributed by atoms with Crippen molar-refractivity contribution in [3.63, 3.8) is 0 Å². The second-order valence-corrected chi connectivity index (χ2v) is 4.50. The van der Waals surface area contributed by atoms with Gasteiger partial charge >= 0.3 is 0 Å². The molecule has 1 N–H and O–H groups in total. The lowest BCUT2D eigenvalue weighted by atomic mass is 10.1. The molecule has 84 valence electrons. The molecule has 0 amide bonds. The Morgan fingerprint density at radius 3 is 2.94 bits per heavy atom. The molecule has 0 spiro atoms. The second kappa shape index (κ2) is 5.97. The monoisotopic (exact) mass is 278 g/mol. The number of halogens is 1. The Morgan fingerprint density at radius 1 is 1.19 bits per heavy atom. The Morgan fingerprint density at radius 2 is 2.06 bits per heavy atom. The number of nitrogens with one attached hydrogen (secondary N) is 1. The van der Waals surface area contributed by atoms with Gasteiger partial charge < -0.3 is 5.32 Å². The molecule has 0 saturated carbocycles. The summed E-state index contributed by atoms with van der Waals surface area (Å²) >= 11 is 3.42. The van der Waals surface area contributed by atoms with Gasteiger partial charge in [-0.3, -0.25) is 4.98 Å². The van der Waals surface area contributed by atoms with Crippen molar-refractivity contribution in [1.29, 1.82) is 0 Å². The van der Waals surface area contributed by atoms with Gasteiger partial charge in [0.2, 0.25) is 0 Å². The van der Waals surface area contributed by atoms with Crippen LogP contribution in [0.25, 0.3) is 10.9 Å². The Bertz CT molecular complexity index is 451. The lowest BCUT2D eigenvalue weighted by Gasteiger charge is -2.06. The van der Waals surface area contributed by atoms with Crippen molar-refractivity contribution >= 4 is 26.8 Å². The molecule has 16 heavy (non-hydrogen) atoms. The van der Waals surface area contributed by atoms with Crippen LogP contribution in [0, 0.1) is 0 Å². The molecule has 1 aromatic carbocycles. The average molecular weight is 279 g/mol. The van der Waals surface area contributed by atoms with E-state index in [2.05, 4.69) is 50.5 Å². The van der Waals surface area contributed by atoms with Crippen LogP contribution in [0.15, 0.2) is 36.5 Å². The fraction of sp³-hybridized carbons (Fsp3) is 0.308. The Labute approximate surface area is 104 Å². The molecule has 2 rings (SSSR count). The van der Waals surface area contributed by atoms with Crippen LogP contribution in [0.5, 0.6) is 0 Å². The maximum Gasteiger partial charge on any atom is 0.0746 e. The van der Waals surface area contributed by atoms with Gasteiger partial charge in [-0.15, -0.1) is 0 Å². The fourth-order valence-electron chi connectivity index (χ4n) is 1.72. The van der Waals surface area contributed by atoms with Crippen molar-refractivity contribution in [3.8, 4) is 0 Å². The lowest BCUT2D eigenvalue weighted by molar-refractivity contribution is 0.682. The number of pyridine rings is 1. The average Bonchev–Trinajstić information content (AvgIpc) is 2.35. The third-order valence-corrected chi connectivity index (χ3v) is 3.08. The Balaban J connectivity index is 2.11. The number of alkyl halides is 1. The van der Waals surface area contributed by atoms with E-state index in [9.17, 15) is 0 Å². The smallest absolute Gasteiger partial charge is 0.0746 e. The summed E-state index contributed by atoms with van der Waals surface area (Å²) in [7, 11) is 0. The minimum absolute atomic E-state index is 0.890. The maximum atomic E-state index is 4.43. The second-order valence-electron chi connectivity index (χ2n) is 3.71. The highest BCUT2D eigenvalue weighted by Crippen LogP contribution is 2.15. The SMILES string of the molecule is BrCCCNCc1cccc2cccnc12. The summed E-state index contributed by atoms with van der Waals surface area (Å²) in [5.74, 6) is 0. The first-order chi connectivity index (χ1) is 7.92. The van der Waals surface area contributed by atoms with E-state index in [0.29, 0.717) is 0 Å². The molecule has 0 aliphatic carbocycles. The van der Waals surface area contributed by atoms with E-state index in [1.165, 1.54) is 10.9 Å². The quantitative estimate of drug-likeness (QED) is 0.672. The van der Waals surface area contributed by atoms with Crippen LogP contribution in [0.1, 0.15) is 12.0 Å². The summed E-state index contributed by atoms with van der Waals surface area (Å²) < 4.78 is 0. The van der Waals surface area contributed by atoms with Crippen molar-refractivity contribution in [2.24, 2.45) is 0 Å². The number of hydrogen-bond donors (Lipinski definition) is 1. The van der Waals surface area contributed by atoms with E-state index in [-0.39, 0.29) is 0 Å². The molecule has 0 aliphatic rings. The molecular formula is C13H15BrN2. The molecule has 0 radical (unpaired) electrons. The van der Waals surface area contributed by atoms with E-state index in [4.69, 9.17) is 0 Å². The van der Waals surface area contributed by atoms with Gasteiger partial charge in [0.1, 0.15) is 0 Å². The minimum Gasteiger partial charge on any atom is -0.313 e. The van der Waals surface area contributed by atoms with Crippen molar-refractivity contribution in [3.05, 3.63) is 42.1 Å². The highest BCUT2D eigenvalue weighted by Gasteiger charge is 2.00. The molecular weight excluding hydrogens is 264 g/mol. The highest BCUT2D eigenvalue weighted by molar-refractivity contribution is 9.09. The molecule has 0 aliphatic heterocycles. The Hall–Kier alpha value is -0.930. The molecule has 2 nitrogen and oxygen atoms in total. The predicted molar refractivity (Wildman–Crippen MR) is 71.9 cm³/mol. The van der Waals surface area contributed by atoms with E-state index < -0.39 is 0 Å². The first-order valence-corrected chi connectivity index (χ1v) is 6.63. The number of aromatic nitrogens is 1. The number of hydrogen-bond acceptors (Lipinski definition) is 2. The lowest BCUT2D eigenvalue weighted by Crippen LogP contribution is -2.15. The van der Waals surface area contributed by atoms with Crippen LogP contribution < -0.4 is 5.32 Å². The number of fused-ring (bicyclic) bond motifs is 1. The van der Waals surface area contributed by atoms with Gasteiger partial charge in [-0.1, -0.05) is 40.2 Å². The van der Waals surface area contributed by atoms with Gasteiger partial charge in [-0.25, -0.2) is 0 Å². The van der Waals surface area contributed by atoms with Crippen molar-refractivity contribution in [1.82, 2.24) is 10.3 Å². The predicted octanol–water partition coefficient (Wildman–Crippen LogP) is 3.11. The van der Waals surface area contributed by atoms with Crippen LogP contribution in [-0.4, -0.2) is 16.9 Å². The van der Waals surface area contributed by atoms with Crippen LogP contribution >= 0.6 is 15.9 Å².